The minimum Gasteiger partial charge on any atom is -0.481 e. The highest BCUT2D eigenvalue weighted by molar-refractivity contribution is 5.86. The summed E-state index contributed by atoms with van der Waals surface area (Å²) < 4.78 is 10.7. The number of benzene rings is 1. The van der Waals surface area contributed by atoms with Crippen molar-refractivity contribution in [1.82, 2.24) is 5.32 Å². The molecule has 1 unspecified atom stereocenters. The van der Waals surface area contributed by atoms with Crippen molar-refractivity contribution in [1.29, 1.82) is 0 Å². The Balaban J connectivity index is 2.09. The van der Waals surface area contributed by atoms with Crippen molar-refractivity contribution in [3.63, 3.8) is 0 Å². The number of aryl methyl sites for hydroxylation is 1. The van der Waals surface area contributed by atoms with Crippen LogP contribution in [0.1, 0.15) is 38.7 Å². The Morgan fingerprint density at radius 2 is 2.04 bits per heavy atom. The predicted molar refractivity (Wildman–Crippen MR) is 96.4 cm³/mol. The van der Waals surface area contributed by atoms with E-state index in [1.807, 2.05) is 6.92 Å². The van der Waals surface area contributed by atoms with Crippen molar-refractivity contribution >= 4 is 22.8 Å². The molecule has 1 heterocycles. The molecule has 0 saturated carbocycles. The molecule has 0 bridgehead atoms. The third kappa shape index (κ3) is 4.84. The van der Waals surface area contributed by atoms with E-state index in [1.54, 1.807) is 25.1 Å². The molecule has 1 amide bonds. The summed E-state index contributed by atoms with van der Waals surface area (Å²) in [6, 6.07) is 5.42. The highest BCUT2D eigenvalue weighted by atomic mass is 16.5. The lowest BCUT2D eigenvalue weighted by Crippen LogP contribution is -2.46. The van der Waals surface area contributed by atoms with Gasteiger partial charge in [-0.05, 0) is 38.0 Å². The van der Waals surface area contributed by atoms with Gasteiger partial charge in [-0.2, -0.15) is 0 Å². The topological polar surface area (TPSA) is 106 Å². The van der Waals surface area contributed by atoms with E-state index in [-0.39, 0.29) is 0 Å². The maximum Gasteiger partial charge on any atom is 0.336 e. The third-order valence-corrected chi connectivity index (χ3v) is 4.07. The molecule has 2 rings (SSSR count). The van der Waals surface area contributed by atoms with Crippen LogP contribution in [-0.2, 0) is 9.59 Å². The number of hydrogen-bond acceptors (Lipinski definition) is 5. The average molecular weight is 361 g/mol. The Labute approximate surface area is 151 Å². The van der Waals surface area contributed by atoms with E-state index in [2.05, 4.69) is 5.32 Å². The minimum atomic E-state index is -1.07. The van der Waals surface area contributed by atoms with Crippen LogP contribution < -0.4 is 15.7 Å². The Hall–Kier alpha value is -2.83. The summed E-state index contributed by atoms with van der Waals surface area (Å²) in [5.41, 5.74) is 0.693. The molecule has 2 aromatic rings. The first-order valence-electron chi connectivity index (χ1n) is 8.56. The second-order valence-corrected chi connectivity index (χ2v) is 6.21. The predicted octanol–water partition coefficient (Wildman–Crippen LogP) is 2.63. The standard InChI is InChI=1S/C19H23NO6/c1-4-5-6-15(19(23)24)20-18(22)12(3)25-13-7-8-14-11(2)9-17(21)26-16(14)10-13/h7-10,12,15H,4-6H2,1-3H3,(H,20,22)(H,23,24)/t12?,15-/m1/s1. The van der Waals surface area contributed by atoms with Gasteiger partial charge < -0.3 is 19.6 Å². The number of aliphatic carboxylic acids is 1. The molecule has 0 aliphatic carbocycles. The lowest BCUT2D eigenvalue weighted by molar-refractivity contribution is -0.143. The molecular weight excluding hydrogens is 338 g/mol. The fourth-order valence-electron chi connectivity index (χ4n) is 2.59. The van der Waals surface area contributed by atoms with Crippen molar-refractivity contribution in [3.05, 3.63) is 40.2 Å². The number of nitrogens with one attached hydrogen (secondary N) is 1. The summed E-state index contributed by atoms with van der Waals surface area (Å²) in [6.07, 6.45) is 1.01. The van der Waals surface area contributed by atoms with Gasteiger partial charge in [-0.3, -0.25) is 4.79 Å². The first kappa shape index (κ1) is 19.5. The third-order valence-electron chi connectivity index (χ3n) is 4.07. The first-order valence-corrected chi connectivity index (χ1v) is 8.56. The van der Waals surface area contributed by atoms with Crippen molar-refractivity contribution < 1.29 is 23.8 Å². The number of fused-ring (bicyclic) bond motifs is 1. The molecular formula is C19H23NO6. The largest absolute Gasteiger partial charge is 0.481 e. The Morgan fingerprint density at radius 3 is 2.69 bits per heavy atom. The van der Waals surface area contributed by atoms with Crippen molar-refractivity contribution in [2.45, 2.75) is 52.2 Å². The van der Waals surface area contributed by atoms with Crippen LogP contribution in [0.3, 0.4) is 0 Å². The van der Waals surface area contributed by atoms with Gasteiger partial charge in [0.05, 0.1) is 0 Å². The molecule has 0 spiro atoms. The molecule has 1 aromatic carbocycles. The molecule has 7 heteroatoms. The summed E-state index contributed by atoms with van der Waals surface area (Å²) >= 11 is 0. The summed E-state index contributed by atoms with van der Waals surface area (Å²) in [7, 11) is 0. The summed E-state index contributed by atoms with van der Waals surface area (Å²) in [4.78, 5) is 34.9. The van der Waals surface area contributed by atoms with Crippen LogP contribution in [0.4, 0.5) is 0 Å². The molecule has 0 fully saturated rings. The first-order chi connectivity index (χ1) is 12.3. The van der Waals surface area contributed by atoms with Crippen LogP contribution in [0, 0.1) is 6.92 Å². The highest BCUT2D eigenvalue weighted by Gasteiger charge is 2.23. The molecule has 26 heavy (non-hydrogen) atoms. The van der Waals surface area contributed by atoms with E-state index < -0.39 is 29.6 Å². The summed E-state index contributed by atoms with van der Waals surface area (Å²) in [5.74, 6) is -1.23. The molecule has 0 aliphatic heterocycles. The van der Waals surface area contributed by atoms with Crippen LogP contribution in [0.5, 0.6) is 5.75 Å². The zero-order valence-corrected chi connectivity index (χ0v) is 15.1. The fraction of sp³-hybridized carbons (Fsp3) is 0.421. The van der Waals surface area contributed by atoms with Gasteiger partial charge in [-0.15, -0.1) is 0 Å². The fourth-order valence-corrected chi connectivity index (χ4v) is 2.59. The SMILES string of the molecule is CCCC[C@@H](NC(=O)C(C)Oc1ccc2c(C)cc(=O)oc2c1)C(=O)O. The van der Waals surface area contributed by atoms with E-state index in [4.69, 9.17) is 9.15 Å². The van der Waals surface area contributed by atoms with Gasteiger partial charge in [0.15, 0.2) is 6.10 Å². The van der Waals surface area contributed by atoms with Crippen molar-refractivity contribution in [2.24, 2.45) is 0 Å². The van der Waals surface area contributed by atoms with Crippen molar-refractivity contribution in [3.8, 4) is 5.75 Å². The van der Waals surface area contributed by atoms with Crippen LogP contribution in [0.2, 0.25) is 0 Å². The molecule has 0 saturated heterocycles. The number of carboxylic acids is 1. The van der Waals surface area contributed by atoms with Gasteiger partial charge in [0.25, 0.3) is 5.91 Å². The van der Waals surface area contributed by atoms with Crippen molar-refractivity contribution in [2.75, 3.05) is 0 Å². The van der Waals surface area contributed by atoms with E-state index in [1.165, 1.54) is 13.0 Å². The molecule has 2 atom stereocenters. The van der Waals surface area contributed by atoms with Gasteiger partial charge in [0.1, 0.15) is 17.4 Å². The second kappa shape index (κ2) is 8.51. The quantitative estimate of drug-likeness (QED) is 0.700. The van der Waals surface area contributed by atoms with E-state index in [0.717, 1.165) is 17.4 Å². The number of carboxylic acid groups (broad SMARTS) is 1. The molecule has 0 aliphatic rings. The minimum absolute atomic E-state index is 0.356. The lowest BCUT2D eigenvalue weighted by Gasteiger charge is -2.19. The van der Waals surface area contributed by atoms with Gasteiger partial charge in [-0.1, -0.05) is 19.8 Å². The Bertz CT molecular complexity index is 857. The average Bonchev–Trinajstić information content (AvgIpc) is 2.57. The number of rotatable bonds is 8. The summed E-state index contributed by atoms with van der Waals surface area (Å²) in [6.45, 7) is 5.29. The van der Waals surface area contributed by atoms with Gasteiger partial charge in [0, 0.05) is 17.5 Å². The van der Waals surface area contributed by atoms with Gasteiger partial charge >= 0.3 is 11.6 Å². The van der Waals surface area contributed by atoms with Crippen LogP contribution in [-0.4, -0.2) is 29.1 Å². The van der Waals surface area contributed by atoms with Gasteiger partial charge in [0.2, 0.25) is 0 Å². The number of amides is 1. The smallest absolute Gasteiger partial charge is 0.336 e. The summed E-state index contributed by atoms with van der Waals surface area (Å²) in [5, 5.41) is 12.5. The normalized spacial score (nSPS) is 13.2. The molecule has 7 nitrogen and oxygen atoms in total. The zero-order valence-electron chi connectivity index (χ0n) is 15.1. The number of carbonyl (C=O) groups excluding carboxylic acids is 1. The van der Waals surface area contributed by atoms with E-state index in [0.29, 0.717) is 24.2 Å². The Kier molecular flexibility index (Phi) is 6.38. The van der Waals surface area contributed by atoms with Gasteiger partial charge in [-0.25, -0.2) is 9.59 Å². The number of ether oxygens (including phenoxy) is 1. The monoisotopic (exact) mass is 361 g/mol. The molecule has 1 aromatic heterocycles. The number of hydrogen-bond donors (Lipinski definition) is 2. The maximum absolute atomic E-state index is 12.2. The molecule has 140 valence electrons. The Morgan fingerprint density at radius 1 is 1.31 bits per heavy atom. The number of carbonyl (C=O) groups is 2. The zero-order chi connectivity index (χ0) is 19.3. The van der Waals surface area contributed by atoms with Crippen LogP contribution >= 0.6 is 0 Å². The van der Waals surface area contributed by atoms with E-state index >= 15 is 0 Å². The second-order valence-electron chi connectivity index (χ2n) is 6.21. The van der Waals surface area contributed by atoms with Crippen LogP contribution in [0.15, 0.2) is 33.5 Å². The molecule has 2 N–H and O–H groups in total. The lowest BCUT2D eigenvalue weighted by atomic mass is 10.1. The maximum atomic E-state index is 12.2. The highest BCUT2D eigenvalue weighted by Crippen LogP contribution is 2.23. The number of unbranched alkanes of at least 4 members (excludes halogenated alkanes) is 1. The molecule has 0 radical (unpaired) electrons. The van der Waals surface area contributed by atoms with Crippen LogP contribution in [0.25, 0.3) is 11.0 Å². The van der Waals surface area contributed by atoms with E-state index in [9.17, 15) is 19.5 Å².